The van der Waals surface area contributed by atoms with Gasteiger partial charge in [0.15, 0.2) is 11.5 Å². The van der Waals surface area contributed by atoms with Gasteiger partial charge in [-0.05, 0) is 12.5 Å². The van der Waals surface area contributed by atoms with Gasteiger partial charge in [-0.15, -0.1) is 12.3 Å². The zero-order valence-electron chi connectivity index (χ0n) is 9.44. The molecule has 0 amide bonds. The van der Waals surface area contributed by atoms with Gasteiger partial charge in [-0.1, -0.05) is 0 Å². The van der Waals surface area contributed by atoms with E-state index >= 15 is 0 Å². The minimum Gasteiger partial charge on any atom is -0.493 e. The van der Waals surface area contributed by atoms with Gasteiger partial charge in [-0.2, -0.15) is 0 Å². The molecule has 1 aliphatic rings. The van der Waals surface area contributed by atoms with Crippen molar-refractivity contribution in [3.63, 3.8) is 0 Å². The minimum absolute atomic E-state index is 0.0961. The quantitative estimate of drug-likeness (QED) is 0.622. The lowest BCUT2D eigenvalue weighted by molar-refractivity contribution is 0.173. The van der Waals surface area contributed by atoms with Gasteiger partial charge in [0, 0.05) is 18.1 Å². The topological polar surface area (TPSA) is 47.9 Å². The van der Waals surface area contributed by atoms with Crippen LogP contribution in [0.4, 0.5) is 0 Å². The van der Waals surface area contributed by atoms with Crippen molar-refractivity contribution in [3.05, 3.63) is 17.7 Å². The Morgan fingerprint density at radius 3 is 2.82 bits per heavy atom. The van der Waals surface area contributed by atoms with Crippen LogP contribution in [0, 0.1) is 12.3 Å². The monoisotopic (exact) mass is 234 g/mol. The molecule has 4 nitrogen and oxygen atoms in total. The summed E-state index contributed by atoms with van der Waals surface area (Å²) < 4.78 is 16.0. The van der Waals surface area contributed by atoms with Gasteiger partial charge in [-0.3, -0.25) is 0 Å². The van der Waals surface area contributed by atoms with Crippen LogP contribution in [-0.4, -0.2) is 18.5 Å². The smallest absolute Gasteiger partial charge is 0.231 e. The first-order valence-electron chi connectivity index (χ1n) is 5.45. The van der Waals surface area contributed by atoms with Crippen LogP contribution in [0.2, 0.25) is 0 Å². The third kappa shape index (κ3) is 2.63. The lowest BCUT2D eigenvalue weighted by Crippen LogP contribution is -2.00. The Balaban J connectivity index is 2.07. The molecule has 0 saturated heterocycles. The summed E-state index contributed by atoms with van der Waals surface area (Å²) in [6.07, 6.45) is 6.62. The summed E-state index contributed by atoms with van der Waals surface area (Å²) >= 11 is 0. The number of fused-ring (bicyclic) bond motifs is 1. The fraction of sp³-hybridized carbons (Fsp3) is 0.385. The molecule has 2 rings (SSSR count). The fourth-order valence-electron chi connectivity index (χ4n) is 1.58. The first-order valence-corrected chi connectivity index (χ1v) is 5.45. The summed E-state index contributed by atoms with van der Waals surface area (Å²) in [5, 5.41) is 9.24. The van der Waals surface area contributed by atoms with Crippen molar-refractivity contribution >= 4 is 0 Å². The standard InChI is InChI=1S/C13H14O4/c1-2-3-4-5-15-11-7-13-12(16-9-17-13)6-10(11)8-14/h1,6-7,14H,3-5,8-9H2. The second-order valence-corrected chi connectivity index (χ2v) is 3.63. The number of aliphatic hydroxyl groups excluding tert-OH is 1. The number of hydrogen-bond acceptors (Lipinski definition) is 4. The number of aliphatic hydroxyl groups is 1. The Kier molecular flexibility index (Phi) is 3.73. The molecule has 0 spiro atoms. The molecule has 0 saturated carbocycles. The van der Waals surface area contributed by atoms with Gasteiger partial charge in [0.2, 0.25) is 6.79 Å². The maximum Gasteiger partial charge on any atom is 0.231 e. The average Bonchev–Trinajstić information content (AvgIpc) is 2.80. The van der Waals surface area contributed by atoms with E-state index in [2.05, 4.69) is 5.92 Å². The molecule has 90 valence electrons. The Hall–Kier alpha value is -1.86. The molecule has 0 aliphatic carbocycles. The highest BCUT2D eigenvalue weighted by Crippen LogP contribution is 2.38. The highest BCUT2D eigenvalue weighted by atomic mass is 16.7. The van der Waals surface area contributed by atoms with E-state index in [-0.39, 0.29) is 13.4 Å². The zero-order valence-corrected chi connectivity index (χ0v) is 9.44. The van der Waals surface area contributed by atoms with Crippen LogP contribution in [0.1, 0.15) is 18.4 Å². The van der Waals surface area contributed by atoms with Crippen LogP contribution in [0.25, 0.3) is 0 Å². The van der Waals surface area contributed by atoms with Gasteiger partial charge in [0.25, 0.3) is 0 Å². The molecule has 1 aromatic rings. The van der Waals surface area contributed by atoms with E-state index in [1.54, 1.807) is 12.1 Å². The largest absolute Gasteiger partial charge is 0.493 e. The van der Waals surface area contributed by atoms with Crippen LogP contribution in [0.15, 0.2) is 12.1 Å². The van der Waals surface area contributed by atoms with E-state index in [1.165, 1.54) is 0 Å². The molecule has 0 bridgehead atoms. The van der Waals surface area contributed by atoms with Crippen LogP contribution < -0.4 is 14.2 Å². The summed E-state index contributed by atoms with van der Waals surface area (Å²) in [6.45, 7) is 0.638. The van der Waals surface area contributed by atoms with Crippen molar-refractivity contribution < 1.29 is 19.3 Å². The van der Waals surface area contributed by atoms with Crippen molar-refractivity contribution in [2.24, 2.45) is 0 Å². The SMILES string of the molecule is C#CCCCOc1cc2c(cc1CO)OCO2. The second-order valence-electron chi connectivity index (χ2n) is 3.63. The Labute approximate surface area is 100 Å². The molecular weight excluding hydrogens is 220 g/mol. The van der Waals surface area contributed by atoms with Crippen molar-refractivity contribution in [1.82, 2.24) is 0 Å². The summed E-state index contributed by atoms with van der Waals surface area (Å²) in [5.74, 6) is 4.46. The maximum absolute atomic E-state index is 9.24. The van der Waals surface area contributed by atoms with Crippen LogP contribution >= 0.6 is 0 Å². The van der Waals surface area contributed by atoms with Crippen molar-refractivity contribution in [3.8, 4) is 29.6 Å². The molecule has 0 fully saturated rings. The van der Waals surface area contributed by atoms with Gasteiger partial charge in [-0.25, -0.2) is 0 Å². The second kappa shape index (κ2) is 5.46. The number of rotatable bonds is 5. The lowest BCUT2D eigenvalue weighted by atomic mass is 10.2. The van der Waals surface area contributed by atoms with E-state index in [1.807, 2.05) is 0 Å². The van der Waals surface area contributed by atoms with Crippen molar-refractivity contribution in [1.29, 1.82) is 0 Å². The molecule has 0 atom stereocenters. The summed E-state index contributed by atoms with van der Waals surface area (Å²) in [7, 11) is 0. The molecular formula is C13H14O4. The normalized spacial score (nSPS) is 12.2. The van der Waals surface area contributed by atoms with E-state index in [0.717, 1.165) is 6.42 Å². The lowest BCUT2D eigenvalue weighted by Gasteiger charge is -2.10. The minimum atomic E-state index is -0.0961. The Morgan fingerprint density at radius 2 is 2.12 bits per heavy atom. The predicted octanol–water partition coefficient (Wildman–Crippen LogP) is 1.70. The molecule has 1 heterocycles. The maximum atomic E-state index is 9.24. The molecule has 1 aliphatic heterocycles. The zero-order chi connectivity index (χ0) is 12.1. The van der Waals surface area contributed by atoms with Crippen LogP contribution in [-0.2, 0) is 6.61 Å². The molecule has 4 heteroatoms. The highest BCUT2D eigenvalue weighted by Gasteiger charge is 2.17. The third-order valence-corrected chi connectivity index (χ3v) is 2.45. The van der Waals surface area contributed by atoms with E-state index < -0.39 is 0 Å². The van der Waals surface area contributed by atoms with Crippen LogP contribution in [0.5, 0.6) is 17.2 Å². The molecule has 1 N–H and O–H groups in total. The molecule has 1 aromatic carbocycles. The Bertz CT molecular complexity index is 434. The third-order valence-electron chi connectivity index (χ3n) is 2.45. The van der Waals surface area contributed by atoms with Gasteiger partial charge in [0.05, 0.1) is 13.2 Å². The predicted molar refractivity (Wildman–Crippen MR) is 62.0 cm³/mol. The number of terminal acetylenes is 1. The fourth-order valence-corrected chi connectivity index (χ4v) is 1.58. The number of unbranched alkanes of at least 4 members (excludes halogenated alkanes) is 1. The molecule has 0 unspecified atom stereocenters. The number of ether oxygens (including phenoxy) is 3. The first-order chi connectivity index (χ1) is 8.35. The van der Waals surface area contributed by atoms with Gasteiger partial charge < -0.3 is 19.3 Å². The van der Waals surface area contributed by atoms with Crippen molar-refractivity contribution in [2.45, 2.75) is 19.4 Å². The van der Waals surface area contributed by atoms with Gasteiger partial charge in [0.1, 0.15) is 5.75 Å². The summed E-state index contributed by atoms with van der Waals surface area (Å²) in [5.41, 5.74) is 0.690. The molecule has 0 radical (unpaired) electrons. The van der Waals surface area contributed by atoms with E-state index in [4.69, 9.17) is 20.6 Å². The summed E-state index contributed by atoms with van der Waals surface area (Å²) in [6, 6.07) is 3.47. The van der Waals surface area contributed by atoms with E-state index in [9.17, 15) is 5.11 Å². The number of benzene rings is 1. The number of hydrogen-bond donors (Lipinski definition) is 1. The summed E-state index contributed by atoms with van der Waals surface area (Å²) in [4.78, 5) is 0. The van der Waals surface area contributed by atoms with Crippen molar-refractivity contribution in [2.75, 3.05) is 13.4 Å². The first kappa shape index (κ1) is 11.6. The molecule has 0 aromatic heterocycles. The molecule has 17 heavy (non-hydrogen) atoms. The Morgan fingerprint density at radius 1 is 1.35 bits per heavy atom. The highest BCUT2D eigenvalue weighted by molar-refractivity contribution is 5.51. The van der Waals surface area contributed by atoms with E-state index in [0.29, 0.717) is 35.8 Å². The van der Waals surface area contributed by atoms with Crippen LogP contribution in [0.3, 0.4) is 0 Å². The van der Waals surface area contributed by atoms with Gasteiger partial charge >= 0.3 is 0 Å². The average molecular weight is 234 g/mol.